The minimum Gasteiger partial charge on any atom is -0.298 e. The highest BCUT2D eigenvalue weighted by Crippen LogP contribution is 2.28. The third kappa shape index (κ3) is 4.65. The summed E-state index contributed by atoms with van der Waals surface area (Å²) in [5, 5.41) is 7.37. The van der Waals surface area contributed by atoms with Gasteiger partial charge in [0.15, 0.2) is 5.13 Å². The van der Waals surface area contributed by atoms with Crippen LogP contribution in [-0.2, 0) is 10.2 Å². The van der Waals surface area contributed by atoms with Crippen LogP contribution in [0.1, 0.15) is 31.2 Å². The molecule has 0 saturated carbocycles. The number of rotatable bonds is 4. The lowest BCUT2D eigenvalue weighted by Gasteiger charge is -2.18. The first-order chi connectivity index (χ1) is 11.9. The predicted molar refractivity (Wildman–Crippen MR) is 108 cm³/mol. The van der Waals surface area contributed by atoms with Gasteiger partial charge in [-0.25, -0.2) is 4.98 Å². The molecule has 25 heavy (non-hydrogen) atoms. The molecule has 1 N–H and O–H groups in total. The van der Waals surface area contributed by atoms with Crippen molar-refractivity contribution >= 4 is 39.8 Å². The van der Waals surface area contributed by atoms with Gasteiger partial charge in [-0.15, -0.1) is 22.7 Å². The van der Waals surface area contributed by atoms with Crippen molar-refractivity contribution in [2.45, 2.75) is 26.2 Å². The van der Waals surface area contributed by atoms with E-state index < -0.39 is 0 Å². The lowest BCUT2D eigenvalue weighted by atomic mass is 9.86. The lowest BCUT2D eigenvalue weighted by molar-refractivity contribution is -0.111. The average Bonchev–Trinajstić information content (AvgIpc) is 3.24. The molecule has 0 unspecified atom stereocenters. The molecule has 0 aliphatic carbocycles. The highest BCUT2D eigenvalue weighted by atomic mass is 32.1. The summed E-state index contributed by atoms with van der Waals surface area (Å²) in [4.78, 5) is 17.5. The van der Waals surface area contributed by atoms with Gasteiger partial charge in [-0.1, -0.05) is 51.1 Å². The van der Waals surface area contributed by atoms with E-state index in [-0.39, 0.29) is 11.3 Å². The maximum absolute atomic E-state index is 12.0. The second kappa shape index (κ2) is 7.33. The van der Waals surface area contributed by atoms with E-state index in [1.54, 1.807) is 17.4 Å². The summed E-state index contributed by atoms with van der Waals surface area (Å²) in [6.45, 7) is 6.59. The average molecular weight is 369 g/mol. The van der Waals surface area contributed by atoms with Crippen LogP contribution in [0.25, 0.3) is 17.3 Å². The van der Waals surface area contributed by atoms with Crippen LogP contribution in [0.2, 0.25) is 0 Å². The van der Waals surface area contributed by atoms with Gasteiger partial charge in [-0.2, -0.15) is 0 Å². The van der Waals surface area contributed by atoms with Crippen molar-refractivity contribution in [1.82, 2.24) is 4.98 Å². The Morgan fingerprint density at radius 3 is 2.52 bits per heavy atom. The van der Waals surface area contributed by atoms with Gasteiger partial charge in [0.2, 0.25) is 5.91 Å². The fourth-order valence-electron chi connectivity index (χ4n) is 2.30. The fraction of sp³-hybridized carbons (Fsp3) is 0.200. The molecule has 0 saturated heterocycles. The Bertz CT molecular complexity index is 869. The van der Waals surface area contributed by atoms with E-state index in [0.29, 0.717) is 5.13 Å². The second-order valence-electron chi connectivity index (χ2n) is 6.70. The lowest BCUT2D eigenvalue weighted by Crippen LogP contribution is -2.10. The van der Waals surface area contributed by atoms with Crippen LogP contribution in [0, 0.1) is 0 Å². The molecular weight excluding hydrogens is 348 g/mol. The van der Waals surface area contributed by atoms with Gasteiger partial charge >= 0.3 is 0 Å². The van der Waals surface area contributed by atoms with E-state index in [0.717, 1.165) is 16.1 Å². The van der Waals surface area contributed by atoms with Crippen LogP contribution in [0.4, 0.5) is 5.13 Å². The Labute approximate surface area is 156 Å². The summed E-state index contributed by atoms with van der Waals surface area (Å²) in [6.07, 6.45) is 3.34. The Kier molecular flexibility index (Phi) is 5.16. The van der Waals surface area contributed by atoms with Gasteiger partial charge < -0.3 is 0 Å². The maximum atomic E-state index is 12.0. The Hall–Kier alpha value is -2.24. The summed E-state index contributed by atoms with van der Waals surface area (Å²) in [7, 11) is 0. The quantitative estimate of drug-likeness (QED) is 0.590. The monoisotopic (exact) mass is 368 g/mol. The van der Waals surface area contributed by atoms with Gasteiger partial charge in [0.05, 0.1) is 5.69 Å². The zero-order chi connectivity index (χ0) is 17.9. The number of hydrogen-bond donors (Lipinski definition) is 1. The van der Waals surface area contributed by atoms with E-state index in [9.17, 15) is 4.79 Å². The van der Waals surface area contributed by atoms with Crippen molar-refractivity contribution in [1.29, 1.82) is 0 Å². The first kappa shape index (κ1) is 17.6. The second-order valence-corrected chi connectivity index (χ2v) is 8.54. The molecule has 0 fully saturated rings. The van der Waals surface area contributed by atoms with Crippen LogP contribution in [0.3, 0.4) is 0 Å². The van der Waals surface area contributed by atoms with Crippen LogP contribution in [0.15, 0.2) is 53.2 Å². The van der Waals surface area contributed by atoms with Crippen molar-refractivity contribution in [3.05, 3.63) is 63.7 Å². The van der Waals surface area contributed by atoms with Crippen molar-refractivity contribution in [2.24, 2.45) is 0 Å². The molecule has 0 bridgehead atoms. The molecular formula is C20H20N2OS2. The van der Waals surface area contributed by atoms with Gasteiger partial charge in [0.1, 0.15) is 0 Å². The predicted octanol–water partition coefficient (Wildman–Crippen LogP) is 5.82. The van der Waals surface area contributed by atoms with Crippen LogP contribution >= 0.6 is 22.7 Å². The number of anilines is 1. The summed E-state index contributed by atoms with van der Waals surface area (Å²) >= 11 is 3.03. The number of hydrogen-bond acceptors (Lipinski definition) is 4. The molecule has 128 valence electrons. The molecule has 1 aromatic carbocycles. The van der Waals surface area contributed by atoms with E-state index in [4.69, 9.17) is 0 Å². The van der Waals surface area contributed by atoms with E-state index in [1.807, 2.05) is 22.9 Å². The van der Waals surface area contributed by atoms with E-state index in [1.165, 1.54) is 23.0 Å². The van der Waals surface area contributed by atoms with Gasteiger partial charge in [-0.3, -0.25) is 10.1 Å². The molecule has 0 aliphatic rings. The Morgan fingerprint density at radius 2 is 1.88 bits per heavy atom. The topological polar surface area (TPSA) is 42.0 Å². The third-order valence-electron chi connectivity index (χ3n) is 3.72. The largest absolute Gasteiger partial charge is 0.298 e. The number of thiophene rings is 1. The molecule has 0 aliphatic heterocycles. The van der Waals surface area contributed by atoms with Crippen molar-refractivity contribution in [2.75, 3.05) is 5.32 Å². The first-order valence-electron chi connectivity index (χ1n) is 8.01. The minimum absolute atomic E-state index is 0.134. The number of aromatic nitrogens is 1. The minimum atomic E-state index is -0.169. The molecule has 0 spiro atoms. The number of nitrogens with zero attached hydrogens (tertiary/aromatic N) is 1. The molecule has 2 aromatic heterocycles. The van der Waals surface area contributed by atoms with Gasteiger partial charge in [0, 0.05) is 21.9 Å². The third-order valence-corrected chi connectivity index (χ3v) is 5.32. The molecule has 3 rings (SSSR count). The maximum Gasteiger partial charge on any atom is 0.250 e. The SMILES string of the molecule is CC(C)(C)c1ccc(-c2csc(NC(=O)/C=C/c3cccs3)n2)cc1. The number of benzene rings is 1. The fourth-order valence-corrected chi connectivity index (χ4v) is 3.64. The normalized spacial score (nSPS) is 11.8. The smallest absolute Gasteiger partial charge is 0.250 e. The molecule has 0 radical (unpaired) electrons. The summed E-state index contributed by atoms with van der Waals surface area (Å²) < 4.78 is 0. The molecule has 2 heterocycles. The van der Waals surface area contributed by atoms with Crippen molar-refractivity contribution < 1.29 is 4.79 Å². The summed E-state index contributed by atoms with van der Waals surface area (Å²) in [5.74, 6) is -0.169. The zero-order valence-electron chi connectivity index (χ0n) is 14.4. The Balaban J connectivity index is 1.67. The van der Waals surface area contributed by atoms with Crippen LogP contribution in [-0.4, -0.2) is 10.9 Å². The molecule has 3 aromatic rings. The highest BCUT2D eigenvalue weighted by molar-refractivity contribution is 7.14. The number of carbonyl (C=O) groups is 1. The molecule has 1 amide bonds. The highest BCUT2D eigenvalue weighted by Gasteiger charge is 2.13. The molecule has 3 nitrogen and oxygen atoms in total. The van der Waals surface area contributed by atoms with Crippen molar-refractivity contribution in [3.63, 3.8) is 0 Å². The number of nitrogens with one attached hydrogen (secondary N) is 1. The zero-order valence-corrected chi connectivity index (χ0v) is 16.1. The first-order valence-corrected chi connectivity index (χ1v) is 9.77. The molecule has 0 atom stereocenters. The van der Waals surface area contributed by atoms with Gasteiger partial charge in [0.25, 0.3) is 0 Å². The van der Waals surface area contributed by atoms with Crippen LogP contribution < -0.4 is 5.32 Å². The summed E-state index contributed by atoms with van der Waals surface area (Å²) in [6, 6.07) is 12.4. The van der Waals surface area contributed by atoms with E-state index in [2.05, 4.69) is 55.3 Å². The Morgan fingerprint density at radius 1 is 1.12 bits per heavy atom. The number of thiazole rings is 1. The van der Waals surface area contributed by atoms with E-state index >= 15 is 0 Å². The van der Waals surface area contributed by atoms with Gasteiger partial charge in [-0.05, 0) is 28.5 Å². The number of amides is 1. The standard InChI is InChI=1S/C20H20N2OS2/c1-20(2,3)15-8-6-14(7-9-15)17-13-25-19(21-17)22-18(23)11-10-16-5-4-12-24-16/h4-13H,1-3H3,(H,21,22,23)/b11-10+. The molecule has 5 heteroatoms. The number of carbonyl (C=O) groups excluding carboxylic acids is 1. The van der Waals surface area contributed by atoms with Crippen molar-refractivity contribution in [3.8, 4) is 11.3 Å². The summed E-state index contributed by atoms with van der Waals surface area (Å²) in [5.41, 5.74) is 3.36. The van der Waals surface area contributed by atoms with Crippen LogP contribution in [0.5, 0.6) is 0 Å².